The predicted octanol–water partition coefficient (Wildman–Crippen LogP) is 5.06. The van der Waals surface area contributed by atoms with Gasteiger partial charge in [0.1, 0.15) is 11.6 Å². The molecular weight excluding hydrogens is 462 g/mol. The first-order valence-corrected chi connectivity index (χ1v) is 12.0. The van der Waals surface area contributed by atoms with Crippen molar-refractivity contribution in [3.05, 3.63) is 60.2 Å². The SMILES string of the molecule is O=C(CCSc1nnc(SCCC(=O)Nc2ccc(F)cc2)s1)Nc1ccc(F)cc1. The fourth-order valence-corrected chi connectivity index (χ4v) is 5.33. The second-order valence-electron chi connectivity index (χ2n) is 6.14. The maximum atomic E-state index is 12.9. The third-order valence-electron chi connectivity index (χ3n) is 3.75. The molecule has 3 aromatic rings. The molecule has 0 aliphatic heterocycles. The van der Waals surface area contributed by atoms with Gasteiger partial charge in [-0.05, 0) is 48.5 Å². The zero-order chi connectivity index (χ0) is 22.1. The van der Waals surface area contributed by atoms with E-state index >= 15 is 0 Å². The van der Waals surface area contributed by atoms with Gasteiger partial charge in [-0.3, -0.25) is 9.59 Å². The highest BCUT2D eigenvalue weighted by Crippen LogP contribution is 2.29. The molecule has 0 fully saturated rings. The summed E-state index contributed by atoms with van der Waals surface area (Å²) in [7, 11) is 0. The summed E-state index contributed by atoms with van der Waals surface area (Å²) in [5.74, 6) is 0.0357. The van der Waals surface area contributed by atoms with E-state index < -0.39 is 0 Å². The average molecular weight is 481 g/mol. The fourth-order valence-electron chi connectivity index (χ4n) is 2.29. The van der Waals surface area contributed by atoms with Crippen LogP contribution in [0, 0.1) is 11.6 Å². The number of carbonyl (C=O) groups is 2. The second-order valence-corrected chi connectivity index (χ2v) is 9.80. The molecule has 1 aromatic heterocycles. The third-order valence-corrected chi connectivity index (χ3v) is 6.95. The van der Waals surface area contributed by atoms with Gasteiger partial charge in [-0.15, -0.1) is 10.2 Å². The number of nitrogens with one attached hydrogen (secondary N) is 2. The summed E-state index contributed by atoms with van der Waals surface area (Å²) in [5, 5.41) is 13.6. The Balaban J connectivity index is 1.32. The number of hydrogen-bond acceptors (Lipinski definition) is 7. The average Bonchev–Trinajstić information content (AvgIpc) is 3.19. The van der Waals surface area contributed by atoms with Crippen molar-refractivity contribution < 1.29 is 18.4 Å². The van der Waals surface area contributed by atoms with Crippen LogP contribution in [0.2, 0.25) is 0 Å². The number of thioether (sulfide) groups is 2. The standard InChI is InChI=1S/C20H18F2N4O2S3/c21-13-1-5-15(6-2-13)23-17(27)9-11-29-19-25-26-20(31-19)30-12-10-18(28)24-16-7-3-14(22)4-8-16/h1-8H,9-12H2,(H,23,27)(H,24,28). The van der Waals surface area contributed by atoms with Gasteiger partial charge in [0.15, 0.2) is 8.68 Å². The number of nitrogens with zero attached hydrogens (tertiary/aromatic N) is 2. The van der Waals surface area contributed by atoms with Gasteiger partial charge in [0.05, 0.1) is 0 Å². The Hall–Kier alpha value is -2.50. The molecule has 0 unspecified atom stereocenters. The molecule has 2 N–H and O–H groups in total. The van der Waals surface area contributed by atoms with Gasteiger partial charge in [-0.1, -0.05) is 34.9 Å². The van der Waals surface area contributed by atoms with Gasteiger partial charge in [0.2, 0.25) is 11.8 Å². The van der Waals surface area contributed by atoms with Crippen molar-refractivity contribution in [1.82, 2.24) is 10.2 Å². The van der Waals surface area contributed by atoms with E-state index in [0.29, 0.717) is 22.9 Å². The van der Waals surface area contributed by atoms with Gasteiger partial charge in [0, 0.05) is 35.7 Å². The minimum Gasteiger partial charge on any atom is -0.326 e. The highest BCUT2D eigenvalue weighted by molar-refractivity contribution is 8.03. The van der Waals surface area contributed by atoms with E-state index in [-0.39, 0.29) is 36.3 Å². The van der Waals surface area contributed by atoms with E-state index in [4.69, 9.17) is 0 Å². The Morgan fingerprint density at radius 2 is 1.13 bits per heavy atom. The van der Waals surface area contributed by atoms with E-state index in [9.17, 15) is 18.4 Å². The number of aromatic nitrogens is 2. The lowest BCUT2D eigenvalue weighted by atomic mass is 10.3. The Labute approximate surface area is 190 Å². The summed E-state index contributed by atoms with van der Waals surface area (Å²) < 4.78 is 27.2. The van der Waals surface area contributed by atoms with Crippen LogP contribution < -0.4 is 10.6 Å². The molecule has 0 radical (unpaired) electrons. The fraction of sp³-hybridized carbons (Fsp3) is 0.200. The van der Waals surface area contributed by atoms with Crippen molar-refractivity contribution >= 4 is 58.0 Å². The van der Waals surface area contributed by atoms with Crippen LogP contribution >= 0.6 is 34.9 Å². The van der Waals surface area contributed by atoms with Crippen LogP contribution in [0.25, 0.3) is 0 Å². The van der Waals surface area contributed by atoms with Crippen LogP contribution in [0.1, 0.15) is 12.8 Å². The summed E-state index contributed by atoms with van der Waals surface area (Å²) in [6.45, 7) is 0. The molecule has 11 heteroatoms. The minimum atomic E-state index is -0.355. The van der Waals surface area contributed by atoms with Crippen LogP contribution in [0.5, 0.6) is 0 Å². The van der Waals surface area contributed by atoms with Gasteiger partial charge in [-0.2, -0.15) is 0 Å². The Bertz CT molecular complexity index is 934. The summed E-state index contributed by atoms with van der Waals surface area (Å²) in [4.78, 5) is 23.9. The maximum absolute atomic E-state index is 12.9. The van der Waals surface area contributed by atoms with E-state index in [1.165, 1.54) is 83.4 Å². The molecule has 162 valence electrons. The van der Waals surface area contributed by atoms with Gasteiger partial charge >= 0.3 is 0 Å². The summed E-state index contributed by atoms with van der Waals surface area (Å²) in [6, 6.07) is 11.2. The van der Waals surface area contributed by atoms with Crippen LogP contribution in [0.3, 0.4) is 0 Å². The van der Waals surface area contributed by atoms with Crippen molar-refractivity contribution in [1.29, 1.82) is 0 Å². The lowest BCUT2D eigenvalue weighted by Crippen LogP contribution is -2.12. The zero-order valence-electron chi connectivity index (χ0n) is 16.1. The highest BCUT2D eigenvalue weighted by atomic mass is 32.2. The predicted molar refractivity (Wildman–Crippen MR) is 121 cm³/mol. The highest BCUT2D eigenvalue weighted by Gasteiger charge is 2.09. The molecule has 0 saturated heterocycles. The van der Waals surface area contributed by atoms with Gasteiger partial charge in [-0.25, -0.2) is 8.78 Å². The summed E-state index contributed by atoms with van der Waals surface area (Å²) >= 11 is 4.26. The largest absolute Gasteiger partial charge is 0.326 e. The minimum absolute atomic E-state index is 0.162. The smallest absolute Gasteiger partial charge is 0.225 e. The lowest BCUT2D eigenvalue weighted by Gasteiger charge is -2.04. The van der Waals surface area contributed by atoms with Crippen LogP contribution in [-0.2, 0) is 9.59 Å². The molecule has 0 atom stereocenters. The molecule has 2 amide bonds. The topological polar surface area (TPSA) is 84.0 Å². The molecule has 0 aliphatic rings. The number of amides is 2. The van der Waals surface area contributed by atoms with Gasteiger partial charge in [0.25, 0.3) is 0 Å². The number of rotatable bonds is 10. The molecule has 6 nitrogen and oxygen atoms in total. The maximum Gasteiger partial charge on any atom is 0.225 e. The molecule has 0 aliphatic carbocycles. The van der Waals surface area contributed by atoms with Crippen molar-refractivity contribution in [3.8, 4) is 0 Å². The monoisotopic (exact) mass is 480 g/mol. The number of halogens is 2. The number of carbonyl (C=O) groups excluding carboxylic acids is 2. The molecule has 0 spiro atoms. The van der Waals surface area contributed by atoms with E-state index in [2.05, 4.69) is 20.8 Å². The van der Waals surface area contributed by atoms with Crippen molar-refractivity contribution in [2.24, 2.45) is 0 Å². The van der Waals surface area contributed by atoms with Crippen molar-refractivity contribution in [2.45, 2.75) is 21.5 Å². The van der Waals surface area contributed by atoms with Crippen LogP contribution in [-0.4, -0.2) is 33.5 Å². The first kappa shape index (κ1) is 23.2. The van der Waals surface area contributed by atoms with Crippen molar-refractivity contribution in [2.75, 3.05) is 22.1 Å². The van der Waals surface area contributed by atoms with Crippen LogP contribution in [0.4, 0.5) is 20.2 Å². The molecule has 2 aromatic carbocycles. The zero-order valence-corrected chi connectivity index (χ0v) is 18.6. The lowest BCUT2D eigenvalue weighted by molar-refractivity contribution is -0.116. The molecule has 0 bridgehead atoms. The molecular formula is C20H18F2N4O2S3. The first-order valence-electron chi connectivity index (χ1n) is 9.18. The van der Waals surface area contributed by atoms with E-state index in [0.717, 1.165) is 8.68 Å². The molecule has 31 heavy (non-hydrogen) atoms. The third kappa shape index (κ3) is 8.27. The Morgan fingerprint density at radius 3 is 1.52 bits per heavy atom. The normalized spacial score (nSPS) is 10.6. The number of benzene rings is 2. The second kappa shape index (κ2) is 11.8. The molecule has 1 heterocycles. The molecule has 3 rings (SSSR count). The number of hydrogen-bond donors (Lipinski definition) is 2. The summed E-state index contributed by atoms with van der Waals surface area (Å²) in [6.07, 6.45) is 0.571. The number of anilines is 2. The Morgan fingerprint density at radius 1 is 0.742 bits per heavy atom. The van der Waals surface area contributed by atoms with Crippen LogP contribution in [0.15, 0.2) is 57.2 Å². The first-order chi connectivity index (χ1) is 15.0. The summed E-state index contributed by atoms with van der Waals surface area (Å²) in [5.41, 5.74) is 1.10. The van der Waals surface area contributed by atoms with Crippen molar-refractivity contribution in [3.63, 3.8) is 0 Å². The Kier molecular flexibility index (Phi) is 8.80. The molecule has 0 saturated carbocycles. The van der Waals surface area contributed by atoms with E-state index in [1.54, 1.807) is 0 Å². The van der Waals surface area contributed by atoms with Gasteiger partial charge < -0.3 is 10.6 Å². The van der Waals surface area contributed by atoms with E-state index in [1.807, 2.05) is 0 Å². The quantitative estimate of drug-likeness (QED) is 0.395.